The van der Waals surface area contributed by atoms with Gasteiger partial charge >= 0.3 is 11.9 Å². The van der Waals surface area contributed by atoms with Crippen LogP contribution in [0.5, 0.6) is 5.75 Å². The van der Waals surface area contributed by atoms with Crippen LogP contribution in [0.3, 0.4) is 0 Å². The number of pyridine rings is 1. The van der Waals surface area contributed by atoms with Gasteiger partial charge in [0.1, 0.15) is 5.75 Å². The van der Waals surface area contributed by atoms with Gasteiger partial charge in [0.2, 0.25) is 0 Å². The zero-order valence-corrected chi connectivity index (χ0v) is 11.5. The van der Waals surface area contributed by atoms with Crippen molar-refractivity contribution < 1.29 is 19.1 Å². The van der Waals surface area contributed by atoms with Gasteiger partial charge in [0.15, 0.2) is 0 Å². The number of carbonyl (C=O) groups excluding carboxylic acids is 2. The number of esters is 2. The van der Waals surface area contributed by atoms with Crippen molar-refractivity contribution >= 4 is 11.9 Å². The molecule has 0 amide bonds. The third-order valence-electron chi connectivity index (χ3n) is 2.83. The molecule has 1 heterocycles. The molecule has 0 spiro atoms. The first-order valence-corrected chi connectivity index (χ1v) is 6.08. The number of nitrogens with zero attached hydrogens (tertiary/aromatic N) is 1. The fraction of sp³-hybridized carbons (Fsp3) is 0.133. The Bertz CT molecular complexity index is 730. The van der Waals surface area contributed by atoms with E-state index in [9.17, 15) is 14.4 Å². The summed E-state index contributed by atoms with van der Waals surface area (Å²) in [6, 6.07) is 8.62. The van der Waals surface area contributed by atoms with Crippen LogP contribution in [0.4, 0.5) is 0 Å². The van der Waals surface area contributed by atoms with E-state index in [1.807, 2.05) is 0 Å². The standard InChI is InChI=1S/C15H13NO5/c1-16-8-7-11(9-13(16)17)15(19)21-12-5-3-10(4-6-12)14(18)20-2/h3-9H,1-2H3. The van der Waals surface area contributed by atoms with Crippen molar-refractivity contribution in [2.75, 3.05) is 7.11 Å². The number of rotatable bonds is 3. The molecule has 0 saturated heterocycles. The van der Waals surface area contributed by atoms with Crippen molar-refractivity contribution in [1.29, 1.82) is 0 Å². The minimum Gasteiger partial charge on any atom is -0.465 e. The Morgan fingerprint density at radius 1 is 1.00 bits per heavy atom. The summed E-state index contributed by atoms with van der Waals surface area (Å²) in [4.78, 5) is 34.6. The summed E-state index contributed by atoms with van der Waals surface area (Å²) in [6.07, 6.45) is 1.49. The van der Waals surface area contributed by atoms with Crippen LogP contribution >= 0.6 is 0 Å². The molecule has 0 radical (unpaired) electrons. The smallest absolute Gasteiger partial charge is 0.343 e. The van der Waals surface area contributed by atoms with Gasteiger partial charge in [-0.05, 0) is 30.3 Å². The van der Waals surface area contributed by atoms with Crippen LogP contribution in [0, 0.1) is 0 Å². The molecule has 1 aromatic carbocycles. The van der Waals surface area contributed by atoms with E-state index in [0.717, 1.165) is 0 Å². The number of aryl methyl sites for hydroxylation is 1. The fourth-order valence-corrected chi connectivity index (χ4v) is 1.62. The first kappa shape index (κ1) is 14.5. The van der Waals surface area contributed by atoms with Crippen LogP contribution in [0.15, 0.2) is 47.4 Å². The van der Waals surface area contributed by atoms with Crippen molar-refractivity contribution in [3.8, 4) is 5.75 Å². The van der Waals surface area contributed by atoms with E-state index < -0.39 is 11.9 Å². The molecule has 6 heteroatoms. The van der Waals surface area contributed by atoms with E-state index in [-0.39, 0.29) is 16.9 Å². The Balaban J connectivity index is 2.14. The van der Waals surface area contributed by atoms with E-state index >= 15 is 0 Å². The van der Waals surface area contributed by atoms with Crippen LogP contribution in [0.2, 0.25) is 0 Å². The predicted molar refractivity (Wildman–Crippen MR) is 74.4 cm³/mol. The lowest BCUT2D eigenvalue weighted by Crippen LogP contribution is -2.18. The summed E-state index contributed by atoms with van der Waals surface area (Å²) in [5, 5.41) is 0. The number of ether oxygens (including phenoxy) is 2. The van der Waals surface area contributed by atoms with Crippen molar-refractivity contribution in [2.24, 2.45) is 7.05 Å². The summed E-state index contributed by atoms with van der Waals surface area (Å²) in [5.41, 5.74) is 0.214. The van der Waals surface area contributed by atoms with Gasteiger partial charge in [-0.1, -0.05) is 0 Å². The second-order valence-corrected chi connectivity index (χ2v) is 4.27. The maximum atomic E-state index is 11.9. The SMILES string of the molecule is COC(=O)c1ccc(OC(=O)c2ccn(C)c(=O)c2)cc1. The summed E-state index contributed by atoms with van der Waals surface area (Å²) < 4.78 is 11.0. The lowest BCUT2D eigenvalue weighted by atomic mass is 10.2. The predicted octanol–water partition coefficient (Wildman–Crippen LogP) is 1.39. The Morgan fingerprint density at radius 2 is 1.67 bits per heavy atom. The first-order chi connectivity index (χ1) is 10.0. The van der Waals surface area contributed by atoms with Crippen molar-refractivity contribution in [3.63, 3.8) is 0 Å². The molecule has 0 aliphatic carbocycles. The van der Waals surface area contributed by atoms with E-state index in [4.69, 9.17) is 4.74 Å². The van der Waals surface area contributed by atoms with Crippen molar-refractivity contribution in [3.05, 3.63) is 64.1 Å². The summed E-state index contributed by atoms with van der Waals surface area (Å²) in [5.74, 6) is -0.841. The maximum Gasteiger partial charge on any atom is 0.343 e. The van der Waals surface area contributed by atoms with Gasteiger partial charge in [0.25, 0.3) is 5.56 Å². The molecule has 1 aromatic heterocycles. The molecule has 0 aliphatic heterocycles. The molecule has 0 fully saturated rings. The monoisotopic (exact) mass is 287 g/mol. The Hall–Kier alpha value is -2.89. The van der Waals surface area contributed by atoms with Gasteiger partial charge in [-0.25, -0.2) is 9.59 Å². The third-order valence-corrected chi connectivity index (χ3v) is 2.83. The van der Waals surface area contributed by atoms with E-state index in [2.05, 4.69) is 4.74 Å². The van der Waals surface area contributed by atoms with Gasteiger partial charge < -0.3 is 14.0 Å². The summed E-state index contributed by atoms with van der Waals surface area (Å²) >= 11 is 0. The molecule has 2 aromatic rings. The average Bonchev–Trinajstić information content (AvgIpc) is 2.50. The van der Waals surface area contributed by atoms with Crippen LogP contribution in [-0.2, 0) is 11.8 Å². The van der Waals surface area contributed by atoms with Crippen LogP contribution in [0.25, 0.3) is 0 Å². The normalized spacial score (nSPS) is 10.0. The largest absolute Gasteiger partial charge is 0.465 e. The molecule has 0 saturated carbocycles. The molecule has 21 heavy (non-hydrogen) atoms. The highest BCUT2D eigenvalue weighted by atomic mass is 16.5. The number of methoxy groups -OCH3 is 1. The number of hydrogen-bond acceptors (Lipinski definition) is 5. The highest BCUT2D eigenvalue weighted by Crippen LogP contribution is 2.14. The lowest BCUT2D eigenvalue weighted by Gasteiger charge is -2.05. The van der Waals surface area contributed by atoms with E-state index in [1.54, 1.807) is 7.05 Å². The highest BCUT2D eigenvalue weighted by Gasteiger charge is 2.11. The Kier molecular flexibility index (Phi) is 4.18. The highest BCUT2D eigenvalue weighted by molar-refractivity contribution is 5.91. The van der Waals surface area contributed by atoms with Crippen LogP contribution < -0.4 is 10.3 Å². The van der Waals surface area contributed by atoms with Crippen LogP contribution in [0.1, 0.15) is 20.7 Å². The Labute approximate surface area is 120 Å². The molecule has 0 bridgehead atoms. The first-order valence-electron chi connectivity index (χ1n) is 6.08. The number of carbonyl (C=O) groups is 2. The molecule has 108 valence electrons. The number of benzene rings is 1. The summed E-state index contributed by atoms with van der Waals surface area (Å²) in [7, 11) is 2.87. The molecular weight excluding hydrogens is 274 g/mol. The second kappa shape index (κ2) is 6.04. The molecule has 0 N–H and O–H groups in total. The fourth-order valence-electron chi connectivity index (χ4n) is 1.62. The zero-order chi connectivity index (χ0) is 15.4. The van der Waals surface area contributed by atoms with Gasteiger partial charge in [0, 0.05) is 19.3 Å². The lowest BCUT2D eigenvalue weighted by molar-refractivity contribution is 0.0600. The molecule has 0 aliphatic rings. The molecule has 0 unspecified atom stereocenters. The minimum atomic E-state index is -0.640. The minimum absolute atomic E-state index is 0.162. The zero-order valence-electron chi connectivity index (χ0n) is 11.5. The van der Waals surface area contributed by atoms with Gasteiger partial charge in [-0.2, -0.15) is 0 Å². The average molecular weight is 287 g/mol. The maximum absolute atomic E-state index is 11.9. The van der Waals surface area contributed by atoms with E-state index in [1.165, 1.54) is 54.3 Å². The molecule has 2 rings (SSSR count). The molecular formula is C15H13NO5. The second-order valence-electron chi connectivity index (χ2n) is 4.27. The molecule has 0 atom stereocenters. The quantitative estimate of drug-likeness (QED) is 0.630. The topological polar surface area (TPSA) is 74.6 Å². The Morgan fingerprint density at radius 3 is 2.24 bits per heavy atom. The van der Waals surface area contributed by atoms with Gasteiger partial charge in [-0.15, -0.1) is 0 Å². The number of hydrogen-bond donors (Lipinski definition) is 0. The van der Waals surface area contributed by atoms with Gasteiger partial charge in [0.05, 0.1) is 18.2 Å². The van der Waals surface area contributed by atoms with E-state index in [0.29, 0.717) is 5.56 Å². The summed E-state index contributed by atoms with van der Waals surface area (Å²) in [6.45, 7) is 0. The van der Waals surface area contributed by atoms with Crippen LogP contribution in [-0.4, -0.2) is 23.6 Å². The van der Waals surface area contributed by atoms with Gasteiger partial charge in [-0.3, -0.25) is 4.79 Å². The van der Waals surface area contributed by atoms with Crippen molar-refractivity contribution in [1.82, 2.24) is 4.57 Å². The number of aromatic nitrogens is 1. The third kappa shape index (κ3) is 3.36. The van der Waals surface area contributed by atoms with Crippen molar-refractivity contribution in [2.45, 2.75) is 0 Å². The molecule has 6 nitrogen and oxygen atoms in total.